The third kappa shape index (κ3) is 4.26. The summed E-state index contributed by atoms with van der Waals surface area (Å²) in [5.74, 6) is -0.524. The number of aliphatic hydroxyl groups is 2. The Hall–Kier alpha value is -0.650. The van der Waals surface area contributed by atoms with Gasteiger partial charge in [0.1, 0.15) is 5.41 Å². The molecule has 0 spiro atoms. The van der Waals surface area contributed by atoms with Crippen molar-refractivity contribution in [3.63, 3.8) is 0 Å². The van der Waals surface area contributed by atoms with Crippen molar-refractivity contribution in [3.8, 4) is 0 Å². The Bertz CT molecular complexity index is 235. The molecule has 17 heavy (non-hydrogen) atoms. The van der Waals surface area contributed by atoms with E-state index in [2.05, 4.69) is 4.90 Å². The standard InChI is InChI=1S/C12H23NO4/c1-12(9-14,10-15)11(16)17-8-4-7-13-5-2-3-6-13/h14-15H,2-10H2,1H3. The highest BCUT2D eigenvalue weighted by molar-refractivity contribution is 5.76. The van der Waals surface area contributed by atoms with Gasteiger partial charge in [0.2, 0.25) is 0 Å². The van der Waals surface area contributed by atoms with Crippen molar-refractivity contribution < 1.29 is 19.7 Å². The minimum atomic E-state index is -1.17. The molecule has 0 aliphatic carbocycles. The van der Waals surface area contributed by atoms with Crippen molar-refractivity contribution in [3.05, 3.63) is 0 Å². The van der Waals surface area contributed by atoms with Gasteiger partial charge in [0, 0.05) is 6.54 Å². The lowest BCUT2D eigenvalue weighted by Gasteiger charge is -2.22. The molecule has 5 heteroatoms. The van der Waals surface area contributed by atoms with Gasteiger partial charge in [0.05, 0.1) is 19.8 Å². The second kappa shape index (κ2) is 6.93. The number of rotatable bonds is 7. The van der Waals surface area contributed by atoms with Crippen molar-refractivity contribution in [2.75, 3.05) is 39.5 Å². The van der Waals surface area contributed by atoms with Gasteiger partial charge < -0.3 is 19.8 Å². The van der Waals surface area contributed by atoms with Crippen LogP contribution in [-0.2, 0) is 9.53 Å². The zero-order chi connectivity index (χ0) is 12.7. The second-order valence-electron chi connectivity index (χ2n) is 4.92. The molecule has 0 saturated carbocycles. The molecule has 1 aliphatic heterocycles. The molecular formula is C12H23NO4. The van der Waals surface area contributed by atoms with Crippen molar-refractivity contribution in [2.45, 2.75) is 26.2 Å². The van der Waals surface area contributed by atoms with Crippen LogP contribution in [0.2, 0.25) is 0 Å². The average molecular weight is 245 g/mol. The fourth-order valence-electron chi connectivity index (χ4n) is 1.81. The molecule has 0 bridgehead atoms. The second-order valence-corrected chi connectivity index (χ2v) is 4.92. The summed E-state index contributed by atoms with van der Waals surface area (Å²) in [6.45, 7) is 4.28. The van der Waals surface area contributed by atoms with Crippen molar-refractivity contribution in [2.24, 2.45) is 5.41 Å². The van der Waals surface area contributed by atoms with Crippen LogP contribution in [-0.4, -0.2) is 60.5 Å². The van der Waals surface area contributed by atoms with E-state index in [1.165, 1.54) is 19.8 Å². The smallest absolute Gasteiger partial charge is 0.316 e. The van der Waals surface area contributed by atoms with Gasteiger partial charge in [-0.2, -0.15) is 0 Å². The molecule has 0 aromatic heterocycles. The van der Waals surface area contributed by atoms with Gasteiger partial charge in [0.25, 0.3) is 0 Å². The highest BCUT2D eigenvalue weighted by Gasteiger charge is 2.33. The predicted molar refractivity (Wildman–Crippen MR) is 63.5 cm³/mol. The van der Waals surface area contributed by atoms with Crippen molar-refractivity contribution >= 4 is 5.97 Å². The zero-order valence-corrected chi connectivity index (χ0v) is 10.5. The van der Waals surface area contributed by atoms with Gasteiger partial charge in [0.15, 0.2) is 0 Å². The van der Waals surface area contributed by atoms with E-state index >= 15 is 0 Å². The fourth-order valence-corrected chi connectivity index (χ4v) is 1.81. The molecule has 1 heterocycles. The number of likely N-dealkylation sites (tertiary alicyclic amines) is 1. The van der Waals surface area contributed by atoms with Gasteiger partial charge in [-0.15, -0.1) is 0 Å². The molecule has 1 rings (SSSR count). The molecule has 0 atom stereocenters. The third-order valence-electron chi connectivity index (χ3n) is 3.24. The first kappa shape index (κ1) is 14.4. The van der Waals surface area contributed by atoms with Crippen LogP contribution >= 0.6 is 0 Å². The Morgan fingerprint density at radius 2 is 1.88 bits per heavy atom. The van der Waals surface area contributed by atoms with Crippen LogP contribution in [0.5, 0.6) is 0 Å². The number of aliphatic hydroxyl groups excluding tert-OH is 2. The van der Waals surface area contributed by atoms with E-state index < -0.39 is 24.6 Å². The summed E-state index contributed by atoms with van der Waals surface area (Å²) in [5.41, 5.74) is -1.17. The van der Waals surface area contributed by atoms with E-state index in [-0.39, 0.29) is 0 Å². The summed E-state index contributed by atoms with van der Waals surface area (Å²) in [6, 6.07) is 0. The fraction of sp³-hybridized carbons (Fsp3) is 0.917. The lowest BCUT2D eigenvalue weighted by molar-refractivity contribution is -0.160. The molecule has 1 fully saturated rings. The number of carbonyl (C=O) groups excluding carboxylic acids is 1. The van der Waals surface area contributed by atoms with Crippen LogP contribution < -0.4 is 0 Å². The van der Waals surface area contributed by atoms with Crippen LogP contribution in [0, 0.1) is 5.41 Å². The van der Waals surface area contributed by atoms with Gasteiger partial charge in [-0.3, -0.25) is 4.79 Å². The van der Waals surface area contributed by atoms with Gasteiger partial charge >= 0.3 is 5.97 Å². The molecule has 5 nitrogen and oxygen atoms in total. The predicted octanol–water partition coefficient (Wildman–Crippen LogP) is 0.00640. The highest BCUT2D eigenvalue weighted by atomic mass is 16.5. The lowest BCUT2D eigenvalue weighted by Crippen LogP contribution is -2.37. The number of hydrogen-bond donors (Lipinski definition) is 2. The molecule has 0 radical (unpaired) electrons. The molecule has 0 aromatic rings. The number of esters is 1. The first-order valence-corrected chi connectivity index (χ1v) is 6.24. The van der Waals surface area contributed by atoms with E-state index in [4.69, 9.17) is 14.9 Å². The van der Waals surface area contributed by atoms with Crippen LogP contribution in [0.1, 0.15) is 26.2 Å². The summed E-state index contributed by atoms with van der Waals surface area (Å²) in [5, 5.41) is 18.0. The molecule has 2 N–H and O–H groups in total. The zero-order valence-electron chi connectivity index (χ0n) is 10.5. The topological polar surface area (TPSA) is 70.0 Å². The molecule has 1 aliphatic rings. The average Bonchev–Trinajstić information content (AvgIpc) is 2.86. The van der Waals surface area contributed by atoms with E-state index in [1.807, 2.05) is 0 Å². The largest absolute Gasteiger partial charge is 0.465 e. The van der Waals surface area contributed by atoms with Crippen LogP contribution in [0.15, 0.2) is 0 Å². The van der Waals surface area contributed by atoms with E-state index in [1.54, 1.807) is 0 Å². The Kier molecular flexibility index (Phi) is 5.88. The maximum atomic E-state index is 11.6. The molecule has 100 valence electrons. The van der Waals surface area contributed by atoms with Crippen LogP contribution in [0.4, 0.5) is 0 Å². The van der Waals surface area contributed by atoms with Crippen molar-refractivity contribution in [1.82, 2.24) is 4.90 Å². The maximum absolute atomic E-state index is 11.6. The van der Waals surface area contributed by atoms with Gasteiger partial charge in [-0.25, -0.2) is 0 Å². The quantitative estimate of drug-likeness (QED) is 0.488. The number of nitrogens with zero attached hydrogens (tertiary/aromatic N) is 1. The Labute approximate surface area is 102 Å². The monoisotopic (exact) mass is 245 g/mol. The first-order chi connectivity index (χ1) is 8.12. The Morgan fingerprint density at radius 1 is 1.29 bits per heavy atom. The van der Waals surface area contributed by atoms with Gasteiger partial charge in [-0.1, -0.05) is 0 Å². The minimum Gasteiger partial charge on any atom is -0.465 e. The normalized spacial score (nSPS) is 17.4. The lowest BCUT2D eigenvalue weighted by atomic mass is 9.93. The van der Waals surface area contributed by atoms with E-state index in [0.29, 0.717) is 6.61 Å². The van der Waals surface area contributed by atoms with E-state index in [0.717, 1.165) is 26.1 Å². The Balaban J connectivity index is 2.14. The summed E-state index contributed by atoms with van der Waals surface area (Å²) in [7, 11) is 0. The summed E-state index contributed by atoms with van der Waals surface area (Å²) in [4.78, 5) is 13.9. The number of carbonyl (C=O) groups is 1. The molecular weight excluding hydrogens is 222 g/mol. The summed E-state index contributed by atoms with van der Waals surface area (Å²) < 4.78 is 5.06. The molecule has 0 amide bonds. The molecule has 1 saturated heterocycles. The van der Waals surface area contributed by atoms with Gasteiger partial charge in [-0.05, 0) is 39.3 Å². The maximum Gasteiger partial charge on any atom is 0.316 e. The molecule has 0 aromatic carbocycles. The van der Waals surface area contributed by atoms with E-state index in [9.17, 15) is 4.79 Å². The SMILES string of the molecule is CC(CO)(CO)C(=O)OCCCN1CCCC1. The Morgan fingerprint density at radius 3 is 2.41 bits per heavy atom. The summed E-state index contributed by atoms with van der Waals surface area (Å²) in [6.07, 6.45) is 3.32. The van der Waals surface area contributed by atoms with Crippen LogP contribution in [0.25, 0.3) is 0 Å². The molecule has 0 unspecified atom stereocenters. The highest BCUT2D eigenvalue weighted by Crippen LogP contribution is 2.16. The van der Waals surface area contributed by atoms with Crippen LogP contribution in [0.3, 0.4) is 0 Å². The van der Waals surface area contributed by atoms with Crippen molar-refractivity contribution in [1.29, 1.82) is 0 Å². The number of hydrogen-bond acceptors (Lipinski definition) is 5. The first-order valence-electron chi connectivity index (χ1n) is 6.24. The minimum absolute atomic E-state index is 0.352. The number of ether oxygens (including phenoxy) is 1. The summed E-state index contributed by atoms with van der Waals surface area (Å²) >= 11 is 0. The third-order valence-corrected chi connectivity index (χ3v) is 3.24.